The third-order valence-electron chi connectivity index (χ3n) is 6.25. The Kier molecular flexibility index (Phi) is 6.86. The molecule has 2 aromatic rings. The van der Waals surface area contributed by atoms with E-state index in [4.69, 9.17) is 11.5 Å². The summed E-state index contributed by atoms with van der Waals surface area (Å²) in [7, 11) is 0. The van der Waals surface area contributed by atoms with Crippen molar-refractivity contribution in [1.82, 2.24) is 0 Å². The van der Waals surface area contributed by atoms with Gasteiger partial charge in [0, 0.05) is 9.75 Å². The average Bonchev–Trinajstić information content (AvgIpc) is 3.36. The van der Waals surface area contributed by atoms with Crippen LogP contribution in [0.2, 0.25) is 0 Å². The van der Waals surface area contributed by atoms with Crippen molar-refractivity contribution in [2.75, 3.05) is 10.6 Å². The molecule has 2 heterocycles. The van der Waals surface area contributed by atoms with Crippen LogP contribution in [-0.4, -0.2) is 35.5 Å². The van der Waals surface area contributed by atoms with Crippen molar-refractivity contribution in [2.24, 2.45) is 11.5 Å². The topological polar surface area (TPSA) is 144 Å². The number of nitrogens with one attached hydrogen (secondary N) is 2. The molecule has 0 unspecified atom stereocenters. The molecule has 0 spiro atoms. The van der Waals surface area contributed by atoms with Gasteiger partial charge >= 0.3 is 23.7 Å². The van der Waals surface area contributed by atoms with Crippen LogP contribution in [0.25, 0.3) is 0 Å². The molecule has 194 valence electrons. The van der Waals surface area contributed by atoms with E-state index in [-0.39, 0.29) is 21.1 Å². The minimum atomic E-state index is -5.50. The molecule has 14 heteroatoms. The SMILES string of the molecule is NC(=O)c1c(NC(=O)C(F)(F)C(F)(F)C(=O)Nc2sc3c(c2C(N)=O)CCCC3)sc2c1CCCC2. The largest absolute Gasteiger partial charge is 0.396 e. The van der Waals surface area contributed by atoms with Crippen molar-refractivity contribution in [3.05, 3.63) is 32.0 Å². The quantitative estimate of drug-likeness (QED) is 0.393. The van der Waals surface area contributed by atoms with Gasteiger partial charge in [0.2, 0.25) is 0 Å². The molecule has 0 atom stereocenters. The van der Waals surface area contributed by atoms with Crippen LogP contribution in [-0.2, 0) is 35.3 Å². The van der Waals surface area contributed by atoms with Crippen LogP contribution in [0.5, 0.6) is 0 Å². The first-order chi connectivity index (χ1) is 16.9. The van der Waals surface area contributed by atoms with Crippen LogP contribution >= 0.6 is 22.7 Å². The molecular formula is C22H22F4N4O4S2. The molecule has 0 saturated carbocycles. The number of nitrogens with two attached hydrogens (primary N) is 2. The van der Waals surface area contributed by atoms with E-state index in [0.29, 0.717) is 59.4 Å². The maximum Gasteiger partial charge on any atom is 0.396 e. The van der Waals surface area contributed by atoms with E-state index >= 15 is 0 Å². The Labute approximate surface area is 210 Å². The first-order valence-corrected chi connectivity index (χ1v) is 12.8. The fourth-order valence-corrected chi connectivity index (χ4v) is 7.06. The number of amides is 4. The summed E-state index contributed by atoms with van der Waals surface area (Å²) < 4.78 is 58.9. The maximum absolute atomic E-state index is 14.7. The summed E-state index contributed by atoms with van der Waals surface area (Å²) in [4.78, 5) is 49.8. The molecule has 8 nitrogen and oxygen atoms in total. The molecule has 0 aromatic carbocycles. The third kappa shape index (κ3) is 4.36. The molecule has 2 aliphatic carbocycles. The van der Waals surface area contributed by atoms with Crippen molar-refractivity contribution in [1.29, 1.82) is 0 Å². The zero-order chi connectivity index (χ0) is 26.4. The van der Waals surface area contributed by atoms with Gasteiger partial charge < -0.3 is 22.1 Å². The molecule has 4 rings (SSSR count). The highest BCUT2D eigenvalue weighted by Crippen LogP contribution is 2.42. The lowest BCUT2D eigenvalue weighted by Crippen LogP contribution is -2.56. The van der Waals surface area contributed by atoms with Gasteiger partial charge in [0.1, 0.15) is 10.0 Å². The molecule has 4 amide bonds. The number of rotatable bonds is 7. The monoisotopic (exact) mass is 546 g/mol. The number of carbonyl (C=O) groups is 4. The molecule has 0 radical (unpaired) electrons. The lowest BCUT2D eigenvalue weighted by atomic mass is 9.95. The standard InChI is InChI=1S/C22H22F4N4O4S2/c23-21(24,19(33)29-17-13(15(27)31)9-5-1-3-7-11(9)35-17)22(25,26)20(34)30-18-14(16(28)32)10-6-2-4-8-12(10)36-18/h1-8H2,(H2,27,31)(H2,28,32)(H,29,33)(H,30,34). The zero-order valence-corrected chi connectivity index (χ0v) is 20.4. The first-order valence-electron chi connectivity index (χ1n) is 11.1. The zero-order valence-electron chi connectivity index (χ0n) is 18.8. The summed E-state index contributed by atoms with van der Waals surface area (Å²) in [6, 6.07) is 0. The second kappa shape index (κ2) is 9.47. The van der Waals surface area contributed by atoms with E-state index in [1.807, 2.05) is 0 Å². The van der Waals surface area contributed by atoms with Crippen LogP contribution in [0.15, 0.2) is 0 Å². The number of halogens is 4. The van der Waals surface area contributed by atoms with Crippen LogP contribution in [0, 0.1) is 0 Å². The van der Waals surface area contributed by atoms with Gasteiger partial charge in [-0.3, -0.25) is 19.2 Å². The van der Waals surface area contributed by atoms with Crippen LogP contribution in [0.3, 0.4) is 0 Å². The van der Waals surface area contributed by atoms with Gasteiger partial charge in [-0.05, 0) is 62.5 Å². The highest BCUT2D eigenvalue weighted by Gasteiger charge is 2.67. The Morgan fingerprint density at radius 3 is 1.31 bits per heavy atom. The molecule has 0 bridgehead atoms. The van der Waals surface area contributed by atoms with Crippen molar-refractivity contribution in [3.8, 4) is 0 Å². The molecule has 0 fully saturated rings. The molecular weight excluding hydrogens is 524 g/mol. The number of alkyl halides is 4. The second-order valence-electron chi connectivity index (χ2n) is 8.62. The summed E-state index contributed by atoms with van der Waals surface area (Å²) in [5.41, 5.74) is 11.3. The number of aryl methyl sites for hydroxylation is 2. The van der Waals surface area contributed by atoms with Gasteiger partial charge in [-0.25, -0.2) is 0 Å². The van der Waals surface area contributed by atoms with Crippen molar-refractivity contribution in [3.63, 3.8) is 0 Å². The number of anilines is 2. The Balaban J connectivity index is 1.59. The number of carbonyl (C=O) groups excluding carboxylic acids is 4. The van der Waals surface area contributed by atoms with Crippen LogP contribution in [0.4, 0.5) is 27.6 Å². The predicted octanol–water partition coefficient (Wildman–Crippen LogP) is 3.61. The highest BCUT2D eigenvalue weighted by atomic mass is 32.1. The molecule has 36 heavy (non-hydrogen) atoms. The predicted molar refractivity (Wildman–Crippen MR) is 126 cm³/mol. The number of hydrogen-bond acceptors (Lipinski definition) is 6. The minimum Gasteiger partial charge on any atom is -0.365 e. The van der Waals surface area contributed by atoms with Gasteiger partial charge in [-0.1, -0.05) is 0 Å². The summed E-state index contributed by atoms with van der Waals surface area (Å²) in [5.74, 6) is -17.9. The number of fused-ring (bicyclic) bond motifs is 2. The normalized spacial score (nSPS) is 15.6. The van der Waals surface area contributed by atoms with E-state index in [0.717, 1.165) is 35.5 Å². The Morgan fingerprint density at radius 2 is 0.972 bits per heavy atom. The fraction of sp³-hybridized carbons (Fsp3) is 0.455. The highest BCUT2D eigenvalue weighted by molar-refractivity contribution is 7.17. The van der Waals surface area contributed by atoms with Crippen molar-refractivity contribution >= 4 is 56.3 Å². The number of hydrogen-bond donors (Lipinski definition) is 4. The van der Waals surface area contributed by atoms with Gasteiger partial charge in [0.05, 0.1) is 11.1 Å². The van der Waals surface area contributed by atoms with E-state index in [2.05, 4.69) is 0 Å². The molecule has 0 saturated heterocycles. The minimum absolute atomic E-state index is 0.193. The van der Waals surface area contributed by atoms with E-state index in [1.165, 1.54) is 0 Å². The Morgan fingerprint density at radius 1 is 0.639 bits per heavy atom. The maximum atomic E-state index is 14.7. The number of thiophene rings is 2. The summed E-state index contributed by atoms with van der Waals surface area (Å²) in [6.45, 7) is 0. The van der Waals surface area contributed by atoms with Gasteiger partial charge in [-0.15, -0.1) is 22.7 Å². The summed E-state index contributed by atoms with van der Waals surface area (Å²) in [5, 5.41) is 2.63. The lowest BCUT2D eigenvalue weighted by molar-refractivity contribution is -0.204. The van der Waals surface area contributed by atoms with E-state index in [1.54, 1.807) is 10.6 Å². The Bertz CT molecular complexity index is 1180. The van der Waals surface area contributed by atoms with E-state index < -0.39 is 35.5 Å². The Hall–Kier alpha value is -3.00. The van der Waals surface area contributed by atoms with Crippen LogP contribution < -0.4 is 22.1 Å². The van der Waals surface area contributed by atoms with Gasteiger partial charge in [-0.2, -0.15) is 17.6 Å². The molecule has 2 aromatic heterocycles. The van der Waals surface area contributed by atoms with Crippen LogP contribution in [0.1, 0.15) is 67.3 Å². The third-order valence-corrected chi connectivity index (χ3v) is 8.67. The van der Waals surface area contributed by atoms with Gasteiger partial charge in [0.15, 0.2) is 0 Å². The molecule has 6 N–H and O–H groups in total. The second-order valence-corrected chi connectivity index (χ2v) is 10.8. The van der Waals surface area contributed by atoms with Crippen molar-refractivity contribution < 1.29 is 36.7 Å². The van der Waals surface area contributed by atoms with Gasteiger partial charge in [0.25, 0.3) is 11.8 Å². The molecule has 0 aliphatic heterocycles. The smallest absolute Gasteiger partial charge is 0.365 e. The summed E-state index contributed by atoms with van der Waals surface area (Å²) >= 11 is 1.63. The fourth-order valence-electron chi connectivity index (χ4n) is 4.48. The molecule has 2 aliphatic rings. The van der Waals surface area contributed by atoms with Crippen molar-refractivity contribution in [2.45, 2.75) is 63.2 Å². The first kappa shape index (κ1) is 26.1. The van der Waals surface area contributed by atoms with E-state index in [9.17, 15) is 36.7 Å². The average molecular weight is 547 g/mol. The summed E-state index contributed by atoms with van der Waals surface area (Å²) in [6.07, 6.45) is 4.89. The number of primary amides is 2. The lowest BCUT2D eigenvalue weighted by Gasteiger charge is -2.24.